The number of aromatic nitrogens is 1. The summed E-state index contributed by atoms with van der Waals surface area (Å²) in [5, 5.41) is 8.60. The molecule has 0 aromatic carbocycles. The molecule has 1 rings (SSSR count). The summed E-state index contributed by atoms with van der Waals surface area (Å²) in [5.41, 5.74) is 0.0449. The average molecular weight is 201 g/mol. The normalized spacial score (nSPS) is 10.6. The summed E-state index contributed by atoms with van der Waals surface area (Å²) in [6, 6.07) is 1.28. The van der Waals surface area contributed by atoms with E-state index in [9.17, 15) is 13.6 Å². The van der Waals surface area contributed by atoms with Gasteiger partial charge in [0.25, 0.3) is 6.43 Å². The Hall–Kier alpha value is -1.52. The molecule has 0 aliphatic rings. The van der Waals surface area contributed by atoms with Gasteiger partial charge in [-0.1, -0.05) is 0 Å². The number of aryl methyl sites for hydroxylation is 1. The summed E-state index contributed by atoms with van der Waals surface area (Å²) in [6.07, 6.45) is -2.74. The smallest absolute Gasteiger partial charge is 0.354 e. The fraction of sp³-hybridized carbons (Fsp3) is 0.333. The highest BCUT2D eigenvalue weighted by Crippen LogP contribution is 2.23. The van der Waals surface area contributed by atoms with E-state index in [4.69, 9.17) is 5.11 Å². The number of pyridine rings is 1. The average Bonchev–Trinajstić information content (AvgIpc) is 2.08. The zero-order valence-corrected chi connectivity index (χ0v) is 7.71. The summed E-state index contributed by atoms with van der Waals surface area (Å²) in [5.74, 6) is -1.30. The molecule has 0 spiro atoms. The third kappa shape index (κ3) is 1.86. The van der Waals surface area contributed by atoms with Gasteiger partial charge in [-0.15, -0.1) is 0 Å². The van der Waals surface area contributed by atoms with Gasteiger partial charge < -0.3 is 5.11 Å². The van der Waals surface area contributed by atoms with Crippen LogP contribution in [0.1, 0.15) is 33.7 Å². The first-order valence-corrected chi connectivity index (χ1v) is 3.93. The van der Waals surface area contributed by atoms with Crippen molar-refractivity contribution in [2.45, 2.75) is 20.3 Å². The highest BCUT2D eigenvalue weighted by Gasteiger charge is 2.17. The van der Waals surface area contributed by atoms with E-state index in [-0.39, 0.29) is 5.69 Å². The number of halogens is 2. The Bertz CT molecular complexity index is 377. The SMILES string of the molecule is Cc1cc(C(=O)O)nc(C(F)F)c1C. The molecule has 0 atom stereocenters. The van der Waals surface area contributed by atoms with Crippen molar-refractivity contribution in [3.8, 4) is 0 Å². The number of hydrogen-bond acceptors (Lipinski definition) is 2. The van der Waals surface area contributed by atoms with Crippen molar-refractivity contribution in [3.05, 3.63) is 28.6 Å². The second-order valence-corrected chi connectivity index (χ2v) is 2.94. The number of nitrogens with zero attached hydrogens (tertiary/aromatic N) is 1. The Morgan fingerprint density at radius 3 is 2.50 bits per heavy atom. The second kappa shape index (κ2) is 3.69. The molecule has 14 heavy (non-hydrogen) atoms. The van der Waals surface area contributed by atoms with E-state index in [0.29, 0.717) is 11.1 Å². The van der Waals surface area contributed by atoms with E-state index in [1.807, 2.05) is 0 Å². The van der Waals surface area contributed by atoms with Crippen molar-refractivity contribution < 1.29 is 18.7 Å². The number of carbonyl (C=O) groups is 1. The van der Waals surface area contributed by atoms with Crippen LogP contribution < -0.4 is 0 Å². The van der Waals surface area contributed by atoms with Gasteiger partial charge in [0.2, 0.25) is 0 Å². The van der Waals surface area contributed by atoms with Crippen LogP contribution in [0.3, 0.4) is 0 Å². The third-order valence-corrected chi connectivity index (χ3v) is 2.00. The fourth-order valence-corrected chi connectivity index (χ4v) is 1.08. The second-order valence-electron chi connectivity index (χ2n) is 2.94. The molecule has 3 nitrogen and oxygen atoms in total. The first kappa shape index (κ1) is 10.6. The molecular weight excluding hydrogens is 192 g/mol. The molecule has 0 aliphatic carbocycles. The minimum atomic E-state index is -2.74. The molecule has 0 saturated carbocycles. The Morgan fingerprint density at radius 2 is 2.07 bits per heavy atom. The maximum absolute atomic E-state index is 12.4. The molecule has 0 unspecified atom stereocenters. The van der Waals surface area contributed by atoms with Crippen LogP contribution in [0.25, 0.3) is 0 Å². The highest BCUT2D eigenvalue weighted by molar-refractivity contribution is 5.85. The first-order chi connectivity index (χ1) is 6.43. The Labute approximate surface area is 79.4 Å². The Balaban J connectivity index is 3.35. The van der Waals surface area contributed by atoms with Crippen molar-refractivity contribution in [2.75, 3.05) is 0 Å². The summed E-state index contributed by atoms with van der Waals surface area (Å²) >= 11 is 0. The number of rotatable bonds is 2. The largest absolute Gasteiger partial charge is 0.477 e. The van der Waals surface area contributed by atoms with Crippen LogP contribution in [0.15, 0.2) is 6.07 Å². The minimum Gasteiger partial charge on any atom is -0.477 e. The molecule has 0 amide bonds. The number of hydrogen-bond donors (Lipinski definition) is 1. The molecule has 76 valence electrons. The number of carboxylic acid groups (broad SMARTS) is 1. The van der Waals surface area contributed by atoms with Crippen molar-refractivity contribution in [1.29, 1.82) is 0 Å². The van der Waals surface area contributed by atoms with Gasteiger partial charge in [0.15, 0.2) is 0 Å². The molecular formula is C9H9F2NO2. The van der Waals surface area contributed by atoms with Crippen molar-refractivity contribution in [1.82, 2.24) is 4.98 Å². The molecule has 1 heterocycles. The van der Waals surface area contributed by atoms with Gasteiger partial charge >= 0.3 is 5.97 Å². The minimum absolute atomic E-state index is 0.338. The number of alkyl halides is 2. The molecule has 0 fully saturated rings. The van der Waals surface area contributed by atoms with E-state index in [1.165, 1.54) is 13.0 Å². The van der Waals surface area contributed by atoms with E-state index < -0.39 is 18.1 Å². The Kier molecular flexibility index (Phi) is 2.78. The lowest BCUT2D eigenvalue weighted by molar-refractivity contribution is 0.0688. The number of aromatic carboxylic acids is 1. The summed E-state index contributed by atoms with van der Waals surface area (Å²) in [4.78, 5) is 13.9. The maximum atomic E-state index is 12.4. The van der Waals surface area contributed by atoms with Crippen LogP contribution in [-0.2, 0) is 0 Å². The van der Waals surface area contributed by atoms with Gasteiger partial charge in [0.05, 0.1) is 0 Å². The molecule has 0 aliphatic heterocycles. The molecule has 1 aromatic heterocycles. The van der Waals surface area contributed by atoms with Gasteiger partial charge in [0, 0.05) is 0 Å². The lowest BCUT2D eigenvalue weighted by Crippen LogP contribution is -2.06. The van der Waals surface area contributed by atoms with E-state index in [2.05, 4.69) is 4.98 Å². The van der Waals surface area contributed by atoms with Gasteiger partial charge in [-0.05, 0) is 31.0 Å². The van der Waals surface area contributed by atoms with Gasteiger partial charge in [-0.25, -0.2) is 18.6 Å². The summed E-state index contributed by atoms with van der Waals surface area (Å²) in [7, 11) is 0. The molecule has 0 saturated heterocycles. The number of carboxylic acids is 1. The Morgan fingerprint density at radius 1 is 1.50 bits per heavy atom. The van der Waals surface area contributed by atoms with Crippen LogP contribution in [0, 0.1) is 13.8 Å². The maximum Gasteiger partial charge on any atom is 0.354 e. The van der Waals surface area contributed by atoms with Crippen LogP contribution in [-0.4, -0.2) is 16.1 Å². The zero-order chi connectivity index (χ0) is 10.9. The van der Waals surface area contributed by atoms with Crippen molar-refractivity contribution >= 4 is 5.97 Å². The predicted molar refractivity (Wildman–Crippen MR) is 45.6 cm³/mol. The van der Waals surface area contributed by atoms with E-state index in [0.717, 1.165) is 0 Å². The zero-order valence-electron chi connectivity index (χ0n) is 7.71. The van der Waals surface area contributed by atoms with Crippen molar-refractivity contribution in [2.24, 2.45) is 0 Å². The monoisotopic (exact) mass is 201 g/mol. The lowest BCUT2D eigenvalue weighted by atomic mass is 10.1. The highest BCUT2D eigenvalue weighted by atomic mass is 19.3. The first-order valence-electron chi connectivity index (χ1n) is 3.93. The van der Waals surface area contributed by atoms with Crippen molar-refractivity contribution in [3.63, 3.8) is 0 Å². The third-order valence-electron chi connectivity index (χ3n) is 2.00. The van der Waals surface area contributed by atoms with E-state index >= 15 is 0 Å². The van der Waals surface area contributed by atoms with Gasteiger partial charge in [0.1, 0.15) is 11.4 Å². The standard InChI is InChI=1S/C9H9F2NO2/c1-4-3-6(9(13)14)12-7(5(4)2)8(10)11/h3,8H,1-2H3,(H,13,14). The molecule has 5 heteroatoms. The van der Waals surface area contributed by atoms with Gasteiger partial charge in [-0.2, -0.15) is 0 Å². The fourth-order valence-electron chi connectivity index (χ4n) is 1.08. The molecule has 0 radical (unpaired) electrons. The van der Waals surface area contributed by atoms with Crippen LogP contribution in [0.2, 0.25) is 0 Å². The quantitative estimate of drug-likeness (QED) is 0.798. The van der Waals surface area contributed by atoms with E-state index in [1.54, 1.807) is 6.92 Å². The molecule has 0 bridgehead atoms. The van der Waals surface area contributed by atoms with Crippen LogP contribution in [0.5, 0.6) is 0 Å². The topological polar surface area (TPSA) is 50.2 Å². The predicted octanol–water partition coefficient (Wildman–Crippen LogP) is 2.33. The summed E-state index contributed by atoms with van der Waals surface area (Å²) < 4.78 is 24.8. The lowest BCUT2D eigenvalue weighted by Gasteiger charge is -2.07. The molecule has 1 aromatic rings. The van der Waals surface area contributed by atoms with Crippen LogP contribution in [0.4, 0.5) is 8.78 Å². The molecule has 1 N–H and O–H groups in total. The summed E-state index contributed by atoms with van der Waals surface area (Å²) in [6.45, 7) is 3.07. The van der Waals surface area contributed by atoms with Crippen LogP contribution >= 0.6 is 0 Å². The van der Waals surface area contributed by atoms with Gasteiger partial charge in [-0.3, -0.25) is 0 Å².